The predicted octanol–water partition coefficient (Wildman–Crippen LogP) is 2.57. The van der Waals surface area contributed by atoms with Gasteiger partial charge in [-0.1, -0.05) is 6.07 Å². The van der Waals surface area contributed by atoms with Crippen molar-refractivity contribution >= 4 is 24.9 Å². The van der Waals surface area contributed by atoms with Crippen molar-refractivity contribution in [2.75, 3.05) is 19.8 Å². The van der Waals surface area contributed by atoms with Crippen LogP contribution in [-0.2, 0) is 23.1 Å². The summed E-state index contributed by atoms with van der Waals surface area (Å²) in [7, 11) is -3.86. The zero-order valence-corrected chi connectivity index (χ0v) is 14.2. The van der Waals surface area contributed by atoms with Gasteiger partial charge in [0.1, 0.15) is 5.30 Å². The predicted molar refractivity (Wildman–Crippen MR) is 85.9 cm³/mol. The standard InChI is InChI=1S/C15H21O7P/c1-4-20-13(17)10-8-11-7-9-12(16)14(18)15(11)23(19,21-5-2)22-6-3/h7-10,16,18H,4-6H2,1-3H3/b10-8+. The number of carbonyl (C=O) groups is 1. The lowest BCUT2D eigenvalue weighted by atomic mass is 10.2. The maximum Gasteiger partial charge on any atom is 0.365 e. The maximum atomic E-state index is 12.9. The van der Waals surface area contributed by atoms with Crippen LogP contribution >= 0.6 is 7.60 Å². The second kappa shape index (κ2) is 8.72. The Morgan fingerprint density at radius 3 is 2.26 bits per heavy atom. The lowest BCUT2D eigenvalue weighted by Gasteiger charge is -2.20. The molecule has 0 aromatic heterocycles. The minimum Gasteiger partial charge on any atom is -0.504 e. The highest BCUT2D eigenvalue weighted by Crippen LogP contribution is 2.51. The Kier molecular flexibility index (Phi) is 7.29. The molecule has 0 radical (unpaired) electrons. The molecule has 1 rings (SSSR count). The van der Waals surface area contributed by atoms with Crippen molar-refractivity contribution in [3.05, 3.63) is 23.8 Å². The molecule has 0 saturated carbocycles. The van der Waals surface area contributed by atoms with E-state index in [1.807, 2.05) is 0 Å². The molecule has 0 saturated heterocycles. The third-order valence-corrected chi connectivity index (χ3v) is 4.93. The number of hydrogen-bond donors (Lipinski definition) is 2. The van der Waals surface area contributed by atoms with E-state index in [4.69, 9.17) is 13.8 Å². The molecule has 7 nitrogen and oxygen atoms in total. The maximum absolute atomic E-state index is 12.9. The van der Waals surface area contributed by atoms with Crippen molar-refractivity contribution in [1.29, 1.82) is 0 Å². The molecular formula is C15H21O7P. The van der Waals surface area contributed by atoms with Crippen LogP contribution in [0.25, 0.3) is 6.08 Å². The van der Waals surface area contributed by atoms with Crippen molar-refractivity contribution in [1.82, 2.24) is 0 Å². The molecule has 0 atom stereocenters. The molecule has 0 spiro atoms. The lowest BCUT2D eigenvalue weighted by Crippen LogP contribution is -2.15. The van der Waals surface area contributed by atoms with Crippen LogP contribution in [0, 0.1) is 0 Å². The van der Waals surface area contributed by atoms with Gasteiger partial charge < -0.3 is 24.0 Å². The zero-order valence-electron chi connectivity index (χ0n) is 13.3. The molecule has 0 bridgehead atoms. The van der Waals surface area contributed by atoms with Crippen LogP contribution in [0.4, 0.5) is 0 Å². The van der Waals surface area contributed by atoms with Crippen LogP contribution in [0.2, 0.25) is 0 Å². The van der Waals surface area contributed by atoms with E-state index in [2.05, 4.69) is 0 Å². The molecule has 1 aromatic carbocycles. The third kappa shape index (κ3) is 4.82. The van der Waals surface area contributed by atoms with Gasteiger partial charge in [0.15, 0.2) is 11.5 Å². The number of carbonyl (C=O) groups excluding carboxylic acids is 1. The summed E-state index contributed by atoms with van der Waals surface area (Å²) in [6.07, 6.45) is 2.44. The number of ether oxygens (including phenoxy) is 1. The molecular weight excluding hydrogens is 323 g/mol. The van der Waals surface area contributed by atoms with E-state index in [9.17, 15) is 19.6 Å². The van der Waals surface area contributed by atoms with E-state index in [0.29, 0.717) is 0 Å². The van der Waals surface area contributed by atoms with Crippen molar-refractivity contribution in [3.63, 3.8) is 0 Å². The SMILES string of the molecule is CCOC(=O)/C=C/c1ccc(O)c(O)c1P(=O)(OCC)OCC. The Labute approximate surface area is 135 Å². The molecule has 23 heavy (non-hydrogen) atoms. The Bertz CT molecular complexity index is 614. The molecule has 1 aromatic rings. The Balaban J connectivity index is 3.40. The third-order valence-electron chi connectivity index (χ3n) is 2.72. The van der Waals surface area contributed by atoms with Crippen molar-refractivity contribution in [2.45, 2.75) is 20.8 Å². The molecule has 2 N–H and O–H groups in total. The van der Waals surface area contributed by atoms with E-state index in [1.165, 1.54) is 18.2 Å². The molecule has 0 unspecified atom stereocenters. The van der Waals surface area contributed by atoms with E-state index < -0.39 is 25.1 Å². The summed E-state index contributed by atoms with van der Waals surface area (Å²) in [5, 5.41) is 19.6. The monoisotopic (exact) mass is 344 g/mol. The largest absolute Gasteiger partial charge is 0.504 e. The van der Waals surface area contributed by atoms with Gasteiger partial charge in [-0.05, 0) is 38.5 Å². The first-order valence-electron chi connectivity index (χ1n) is 7.19. The van der Waals surface area contributed by atoms with Gasteiger partial charge in [-0.3, -0.25) is 4.57 Å². The highest BCUT2D eigenvalue weighted by molar-refractivity contribution is 7.62. The number of phenols is 2. The van der Waals surface area contributed by atoms with Gasteiger partial charge in [-0.2, -0.15) is 0 Å². The quantitative estimate of drug-likeness (QED) is 0.323. The van der Waals surface area contributed by atoms with E-state index in [0.717, 1.165) is 6.08 Å². The summed E-state index contributed by atoms with van der Waals surface area (Å²) in [5.41, 5.74) is 0.221. The second-order valence-electron chi connectivity index (χ2n) is 4.29. The minimum absolute atomic E-state index is 0.0768. The Hall–Kier alpha value is -1.82. The molecule has 0 aliphatic rings. The number of hydrogen-bond acceptors (Lipinski definition) is 7. The summed E-state index contributed by atoms with van der Waals surface area (Å²) in [4.78, 5) is 11.4. The summed E-state index contributed by atoms with van der Waals surface area (Å²) < 4.78 is 28.1. The first-order chi connectivity index (χ1) is 10.9. The van der Waals surface area contributed by atoms with Gasteiger partial charge in [0, 0.05) is 6.08 Å². The van der Waals surface area contributed by atoms with Crippen molar-refractivity contribution in [3.8, 4) is 11.5 Å². The fourth-order valence-corrected chi connectivity index (χ4v) is 3.71. The highest BCUT2D eigenvalue weighted by atomic mass is 31.2. The van der Waals surface area contributed by atoms with E-state index >= 15 is 0 Å². The fourth-order valence-electron chi connectivity index (χ4n) is 1.86. The summed E-state index contributed by atoms with van der Waals surface area (Å²) >= 11 is 0. The summed E-state index contributed by atoms with van der Waals surface area (Å²) in [6, 6.07) is 2.61. The molecule has 0 amide bonds. The van der Waals surface area contributed by atoms with Crippen LogP contribution in [0.5, 0.6) is 11.5 Å². The average Bonchev–Trinajstić information content (AvgIpc) is 2.49. The zero-order chi connectivity index (χ0) is 17.5. The van der Waals surface area contributed by atoms with E-state index in [-0.39, 0.29) is 30.7 Å². The topological polar surface area (TPSA) is 102 Å². The van der Waals surface area contributed by atoms with Crippen LogP contribution in [-0.4, -0.2) is 36.0 Å². The first kappa shape index (κ1) is 19.2. The fraction of sp³-hybridized carbons (Fsp3) is 0.400. The van der Waals surface area contributed by atoms with Gasteiger partial charge in [0.25, 0.3) is 0 Å². The Morgan fingerprint density at radius 2 is 1.74 bits per heavy atom. The smallest absolute Gasteiger partial charge is 0.365 e. The molecule has 0 heterocycles. The van der Waals surface area contributed by atoms with E-state index in [1.54, 1.807) is 20.8 Å². The van der Waals surface area contributed by atoms with Crippen LogP contribution < -0.4 is 5.30 Å². The van der Waals surface area contributed by atoms with Crippen LogP contribution in [0.1, 0.15) is 26.3 Å². The van der Waals surface area contributed by atoms with Crippen LogP contribution in [0.15, 0.2) is 18.2 Å². The Morgan fingerprint density at radius 1 is 1.13 bits per heavy atom. The second-order valence-corrected chi connectivity index (χ2v) is 6.25. The lowest BCUT2D eigenvalue weighted by molar-refractivity contribution is -0.137. The van der Waals surface area contributed by atoms with Gasteiger partial charge in [0.05, 0.1) is 19.8 Å². The number of esters is 1. The van der Waals surface area contributed by atoms with Crippen molar-refractivity contribution < 1.29 is 33.4 Å². The molecule has 0 aliphatic heterocycles. The average molecular weight is 344 g/mol. The van der Waals surface area contributed by atoms with Crippen molar-refractivity contribution in [2.24, 2.45) is 0 Å². The highest BCUT2D eigenvalue weighted by Gasteiger charge is 2.33. The summed E-state index contributed by atoms with van der Waals surface area (Å²) in [6.45, 7) is 5.29. The number of benzene rings is 1. The molecule has 0 fully saturated rings. The molecule has 0 aliphatic carbocycles. The first-order valence-corrected chi connectivity index (χ1v) is 8.73. The van der Waals surface area contributed by atoms with Crippen LogP contribution in [0.3, 0.4) is 0 Å². The normalized spacial score (nSPS) is 11.8. The van der Waals surface area contributed by atoms with Gasteiger partial charge in [0.2, 0.25) is 0 Å². The van der Waals surface area contributed by atoms with Gasteiger partial charge >= 0.3 is 13.6 Å². The molecule has 8 heteroatoms. The number of phenolic OH excluding ortho intramolecular Hbond substituents is 2. The minimum atomic E-state index is -3.86. The van der Waals surface area contributed by atoms with Gasteiger partial charge in [-0.25, -0.2) is 4.79 Å². The van der Waals surface area contributed by atoms with Gasteiger partial charge in [-0.15, -0.1) is 0 Å². The molecule has 128 valence electrons. The number of rotatable bonds is 8. The summed E-state index contributed by atoms with van der Waals surface area (Å²) in [5.74, 6) is -1.66. The number of aromatic hydroxyl groups is 2.